The van der Waals surface area contributed by atoms with Crippen molar-refractivity contribution < 1.29 is 28.2 Å². The van der Waals surface area contributed by atoms with Crippen LogP contribution in [-0.2, 0) is 19.4 Å². The van der Waals surface area contributed by atoms with Gasteiger partial charge in [-0.2, -0.15) is 0 Å². The molecule has 0 amide bonds. The minimum absolute atomic E-state index is 0.0281. The van der Waals surface area contributed by atoms with Crippen molar-refractivity contribution in [1.29, 1.82) is 0 Å². The number of rotatable bonds is 8. The number of carboxylic acids is 2. The highest BCUT2D eigenvalue weighted by atomic mass is 32.2. The van der Waals surface area contributed by atoms with Crippen molar-refractivity contribution in [3.63, 3.8) is 0 Å². The molecule has 0 spiro atoms. The summed E-state index contributed by atoms with van der Waals surface area (Å²) in [5.41, 5.74) is 0.343. The first-order chi connectivity index (χ1) is 9.76. The maximum Gasteiger partial charge on any atom is 0.323 e. The molecule has 0 aliphatic carbocycles. The largest absolute Gasteiger partial charge is 0.480 e. The Hall–Kier alpha value is -2.09. The SMILES string of the molecule is CCCS(=O)(=O)c1ccc(N(CC(=O)O)CC(=O)O)cc1. The lowest BCUT2D eigenvalue weighted by atomic mass is 10.3. The maximum absolute atomic E-state index is 11.9. The highest BCUT2D eigenvalue weighted by Gasteiger charge is 2.17. The second-order valence-electron chi connectivity index (χ2n) is 4.46. The molecule has 0 aromatic heterocycles. The summed E-state index contributed by atoms with van der Waals surface area (Å²) in [4.78, 5) is 22.8. The third kappa shape index (κ3) is 5.07. The second-order valence-corrected chi connectivity index (χ2v) is 6.57. The Morgan fingerprint density at radius 3 is 1.90 bits per heavy atom. The van der Waals surface area contributed by atoms with Gasteiger partial charge in [0.15, 0.2) is 9.84 Å². The molecule has 2 N–H and O–H groups in total. The van der Waals surface area contributed by atoms with Gasteiger partial charge < -0.3 is 15.1 Å². The van der Waals surface area contributed by atoms with Gasteiger partial charge in [0, 0.05) is 5.69 Å². The number of hydrogen-bond donors (Lipinski definition) is 2. The first kappa shape index (κ1) is 17.0. The highest BCUT2D eigenvalue weighted by Crippen LogP contribution is 2.19. The van der Waals surface area contributed by atoms with Crippen molar-refractivity contribution >= 4 is 27.5 Å². The van der Waals surface area contributed by atoms with Gasteiger partial charge in [0.2, 0.25) is 0 Å². The summed E-state index contributed by atoms with van der Waals surface area (Å²) in [6, 6.07) is 5.54. The molecule has 116 valence electrons. The topological polar surface area (TPSA) is 112 Å². The Labute approximate surface area is 122 Å². The van der Waals surface area contributed by atoms with Crippen LogP contribution < -0.4 is 4.90 Å². The maximum atomic E-state index is 11.9. The van der Waals surface area contributed by atoms with E-state index >= 15 is 0 Å². The van der Waals surface area contributed by atoms with Crippen molar-refractivity contribution in [2.45, 2.75) is 18.2 Å². The molecule has 0 saturated heterocycles. The molecule has 1 aromatic rings. The molecule has 0 fully saturated rings. The van der Waals surface area contributed by atoms with E-state index in [9.17, 15) is 18.0 Å². The summed E-state index contributed by atoms with van der Waals surface area (Å²) in [6.45, 7) is 0.800. The van der Waals surface area contributed by atoms with E-state index in [1.165, 1.54) is 24.3 Å². The Morgan fingerprint density at radius 1 is 1.05 bits per heavy atom. The van der Waals surface area contributed by atoms with E-state index in [4.69, 9.17) is 10.2 Å². The number of carbonyl (C=O) groups is 2. The van der Waals surface area contributed by atoms with E-state index in [-0.39, 0.29) is 10.6 Å². The van der Waals surface area contributed by atoms with Crippen LogP contribution in [0.1, 0.15) is 13.3 Å². The molecule has 1 aromatic carbocycles. The number of anilines is 1. The Bertz CT molecular complexity index is 592. The number of sulfone groups is 1. The zero-order valence-corrected chi connectivity index (χ0v) is 12.3. The number of benzene rings is 1. The van der Waals surface area contributed by atoms with Crippen molar-refractivity contribution in [3.8, 4) is 0 Å². The molecule has 0 unspecified atom stereocenters. The van der Waals surface area contributed by atoms with E-state index < -0.39 is 34.9 Å². The van der Waals surface area contributed by atoms with Crippen LogP contribution in [0.25, 0.3) is 0 Å². The average molecular weight is 315 g/mol. The lowest BCUT2D eigenvalue weighted by molar-refractivity contribution is -0.136. The molecule has 1 rings (SSSR count). The van der Waals surface area contributed by atoms with Crippen LogP contribution in [-0.4, -0.2) is 49.4 Å². The van der Waals surface area contributed by atoms with Crippen LogP contribution in [0.2, 0.25) is 0 Å². The van der Waals surface area contributed by atoms with Gasteiger partial charge >= 0.3 is 11.9 Å². The summed E-state index contributed by atoms with van der Waals surface area (Å²) < 4.78 is 23.7. The number of carboxylic acid groups (broad SMARTS) is 2. The predicted octanol–water partition coefficient (Wildman–Crippen LogP) is 0.846. The first-order valence-corrected chi connectivity index (χ1v) is 7.93. The quantitative estimate of drug-likeness (QED) is 0.731. The molecule has 7 nitrogen and oxygen atoms in total. The van der Waals surface area contributed by atoms with Gasteiger partial charge in [-0.15, -0.1) is 0 Å². The summed E-state index contributed by atoms with van der Waals surface area (Å²) in [5, 5.41) is 17.6. The van der Waals surface area contributed by atoms with Crippen molar-refractivity contribution in [2.75, 3.05) is 23.7 Å². The first-order valence-electron chi connectivity index (χ1n) is 6.27. The number of hydrogen-bond acceptors (Lipinski definition) is 5. The fraction of sp³-hybridized carbons (Fsp3) is 0.385. The molecule has 0 saturated carbocycles. The van der Waals surface area contributed by atoms with Crippen LogP contribution >= 0.6 is 0 Å². The van der Waals surface area contributed by atoms with Crippen LogP contribution in [0, 0.1) is 0 Å². The van der Waals surface area contributed by atoms with Gasteiger partial charge in [-0.05, 0) is 30.7 Å². The lowest BCUT2D eigenvalue weighted by Gasteiger charge is -2.20. The molecule has 8 heteroatoms. The molecule has 21 heavy (non-hydrogen) atoms. The van der Waals surface area contributed by atoms with Gasteiger partial charge in [-0.3, -0.25) is 9.59 Å². The Kier molecular flexibility index (Phi) is 5.71. The van der Waals surface area contributed by atoms with Gasteiger partial charge in [0.25, 0.3) is 0 Å². The molecule has 0 heterocycles. The minimum atomic E-state index is -3.35. The van der Waals surface area contributed by atoms with E-state index in [0.717, 1.165) is 4.90 Å². The van der Waals surface area contributed by atoms with Crippen LogP contribution in [0.15, 0.2) is 29.2 Å². The zero-order valence-electron chi connectivity index (χ0n) is 11.5. The van der Waals surface area contributed by atoms with Gasteiger partial charge in [-0.1, -0.05) is 6.92 Å². The predicted molar refractivity (Wildman–Crippen MR) is 76.3 cm³/mol. The third-order valence-electron chi connectivity index (χ3n) is 2.69. The summed E-state index contributed by atoms with van der Waals surface area (Å²) in [7, 11) is -3.35. The van der Waals surface area contributed by atoms with E-state index in [2.05, 4.69) is 0 Å². The minimum Gasteiger partial charge on any atom is -0.480 e. The Balaban J connectivity index is 3.02. The van der Waals surface area contributed by atoms with Crippen molar-refractivity contribution in [1.82, 2.24) is 0 Å². The summed E-state index contributed by atoms with van der Waals surface area (Å²) in [5.74, 6) is -2.31. The number of nitrogens with zero attached hydrogens (tertiary/aromatic N) is 1. The smallest absolute Gasteiger partial charge is 0.323 e. The molecule has 0 radical (unpaired) electrons. The molecule has 0 atom stereocenters. The van der Waals surface area contributed by atoms with Crippen LogP contribution in [0.3, 0.4) is 0 Å². The fourth-order valence-electron chi connectivity index (χ4n) is 1.82. The van der Waals surface area contributed by atoms with Gasteiger partial charge in [0.1, 0.15) is 13.1 Å². The molecule has 0 aliphatic rings. The molecule has 0 aliphatic heterocycles. The average Bonchev–Trinajstić information content (AvgIpc) is 2.37. The molecule has 0 bridgehead atoms. The second kappa shape index (κ2) is 7.07. The van der Waals surface area contributed by atoms with Crippen LogP contribution in [0.4, 0.5) is 5.69 Å². The molecular weight excluding hydrogens is 298 g/mol. The van der Waals surface area contributed by atoms with Gasteiger partial charge in [0.05, 0.1) is 10.6 Å². The van der Waals surface area contributed by atoms with E-state index in [1.54, 1.807) is 6.92 Å². The van der Waals surface area contributed by atoms with Crippen LogP contribution in [0.5, 0.6) is 0 Å². The van der Waals surface area contributed by atoms with Crippen molar-refractivity contribution in [2.24, 2.45) is 0 Å². The highest BCUT2D eigenvalue weighted by molar-refractivity contribution is 7.91. The monoisotopic (exact) mass is 315 g/mol. The van der Waals surface area contributed by atoms with Gasteiger partial charge in [-0.25, -0.2) is 8.42 Å². The zero-order chi connectivity index (χ0) is 16.0. The normalized spacial score (nSPS) is 11.1. The summed E-state index contributed by atoms with van der Waals surface area (Å²) in [6.07, 6.45) is 0.494. The van der Waals surface area contributed by atoms with E-state index in [1.807, 2.05) is 0 Å². The Morgan fingerprint density at radius 2 is 1.52 bits per heavy atom. The number of aliphatic carboxylic acids is 2. The third-order valence-corrected chi connectivity index (χ3v) is 4.62. The molecular formula is C13H17NO6S. The fourth-order valence-corrected chi connectivity index (χ4v) is 3.14. The summed E-state index contributed by atoms with van der Waals surface area (Å²) >= 11 is 0. The van der Waals surface area contributed by atoms with Crippen molar-refractivity contribution in [3.05, 3.63) is 24.3 Å². The standard InChI is InChI=1S/C13H17NO6S/c1-2-7-21(19,20)11-5-3-10(4-6-11)14(8-12(15)16)9-13(17)18/h3-6H,2,7-9H2,1H3,(H,15,16)(H,17,18). The lowest BCUT2D eigenvalue weighted by Crippen LogP contribution is -2.34. The van der Waals surface area contributed by atoms with E-state index in [0.29, 0.717) is 12.1 Å².